The molecule has 10 heteroatoms. The normalized spacial score (nSPS) is 16.7. The van der Waals surface area contributed by atoms with Gasteiger partial charge in [0.25, 0.3) is 0 Å². The number of aliphatic imine (C=N–C) groups is 1. The number of hydrogen-bond donors (Lipinski definition) is 2. The highest BCUT2D eigenvalue weighted by Gasteiger charge is 2.27. The maximum atomic E-state index is 11.8. The standard InChI is InChI=1S/C16H26N4O4S.HI/c1-4-17-16(18-8-10-20-9-5-11-25(20,21)22)19-13-6-7-14(23-2)15(12-13)24-3;/h6-7,12H,4-5,8-11H2,1-3H3,(H2,17,18,19);1H. The zero-order valence-electron chi connectivity index (χ0n) is 15.3. The Labute approximate surface area is 172 Å². The summed E-state index contributed by atoms with van der Waals surface area (Å²) >= 11 is 0. The van der Waals surface area contributed by atoms with Gasteiger partial charge in [0.1, 0.15) is 0 Å². The molecular formula is C16H27IN4O4S. The van der Waals surface area contributed by atoms with Crippen LogP contribution in [0.3, 0.4) is 0 Å². The Morgan fingerprint density at radius 3 is 2.58 bits per heavy atom. The fourth-order valence-corrected chi connectivity index (χ4v) is 4.09. The first kappa shape index (κ1) is 22.8. The fourth-order valence-electron chi connectivity index (χ4n) is 2.57. The van der Waals surface area contributed by atoms with Crippen LogP contribution >= 0.6 is 24.0 Å². The molecular weight excluding hydrogens is 471 g/mol. The molecule has 0 aromatic heterocycles. The average Bonchev–Trinajstić information content (AvgIpc) is 2.93. The fraction of sp³-hybridized carbons (Fsp3) is 0.562. The van der Waals surface area contributed by atoms with Crippen LogP contribution in [-0.4, -0.2) is 64.8 Å². The zero-order valence-corrected chi connectivity index (χ0v) is 18.5. The van der Waals surface area contributed by atoms with Gasteiger partial charge in [-0.2, -0.15) is 0 Å². The summed E-state index contributed by atoms with van der Waals surface area (Å²) in [6.07, 6.45) is 0.690. The van der Waals surface area contributed by atoms with E-state index in [1.54, 1.807) is 14.2 Å². The van der Waals surface area contributed by atoms with Gasteiger partial charge in [-0.3, -0.25) is 4.99 Å². The lowest BCUT2D eigenvalue weighted by Crippen LogP contribution is -2.33. The van der Waals surface area contributed by atoms with Crippen LogP contribution in [0.25, 0.3) is 0 Å². The van der Waals surface area contributed by atoms with Crippen molar-refractivity contribution in [3.63, 3.8) is 0 Å². The van der Waals surface area contributed by atoms with Crippen molar-refractivity contribution in [3.05, 3.63) is 18.2 Å². The smallest absolute Gasteiger partial charge is 0.214 e. The molecule has 0 bridgehead atoms. The van der Waals surface area contributed by atoms with Gasteiger partial charge < -0.3 is 20.1 Å². The quantitative estimate of drug-likeness (QED) is 0.338. The van der Waals surface area contributed by atoms with Crippen molar-refractivity contribution in [2.75, 3.05) is 51.5 Å². The van der Waals surface area contributed by atoms with Crippen molar-refractivity contribution in [1.82, 2.24) is 9.62 Å². The molecule has 148 valence electrons. The van der Waals surface area contributed by atoms with Crippen LogP contribution in [0.4, 0.5) is 5.69 Å². The van der Waals surface area contributed by atoms with Crippen molar-refractivity contribution in [2.24, 2.45) is 4.99 Å². The number of guanidine groups is 1. The molecule has 1 aromatic rings. The van der Waals surface area contributed by atoms with Crippen molar-refractivity contribution < 1.29 is 17.9 Å². The van der Waals surface area contributed by atoms with E-state index in [2.05, 4.69) is 15.6 Å². The molecule has 0 saturated carbocycles. The maximum Gasteiger partial charge on any atom is 0.214 e. The first-order chi connectivity index (χ1) is 12.0. The van der Waals surface area contributed by atoms with Gasteiger partial charge >= 0.3 is 0 Å². The molecule has 2 rings (SSSR count). The molecule has 8 nitrogen and oxygen atoms in total. The lowest BCUT2D eigenvalue weighted by atomic mass is 10.3. The van der Waals surface area contributed by atoms with Gasteiger partial charge in [-0.15, -0.1) is 24.0 Å². The van der Waals surface area contributed by atoms with Crippen LogP contribution < -0.4 is 20.1 Å². The highest BCUT2D eigenvalue weighted by Crippen LogP contribution is 2.29. The summed E-state index contributed by atoms with van der Waals surface area (Å²) in [4.78, 5) is 4.45. The van der Waals surface area contributed by atoms with Crippen LogP contribution in [0, 0.1) is 0 Å². The molecule has 0 aliphatic carbocycles. The number of ether oxygens (including phenoxy) is 2. The van der Waals surface area contributed by atoms with Crippen molar-refractivity contribution in [3.8, 4) is 11.5 Å². The minimum atomic E-state index is -3.08. The van der Waals surface area contributed by atoms with Gasteiger partial charge in [-0.1, -0.05) is 0 Å². The van der Waals surface area contributed by atoms with Gasteiger partial charge in [0.05, 0.1) is 26.5 Å². The molecule has 0 unspecified atom stereocenters. The van der Waals surface area contributed by atoms with Crippen LogP contribution in [0.2, 0.25) is 0 Å². The second-order valence-electron chi connectivity index (χ2n) is 5.52. The molecule has 26 heavy (non-hydrogen) atoms. The first-order valence-corrected chi connectivity index (χ1v) is 9.86. The number of anilines is 1. The number of nitrogens with zero attached hydrogens (tertiary/aromatic N) is 2. The number of sulfonamides is 1. The van der Waals surface area contributed by atoms with Crippen LogP contribution in [-0.2, 0) is 10.0 Å². The van der Waals surface area contributed by atoms with E-state index in [0.29, 0.717) is 50.1 Å². The van der Waals surface area contributed by atoms with E-state index in [4.69, 9.17) is 9.47 Å². The Balaban J connectivity index is 0.00000338. The molecule has 1 saturated heterocycles. The van der Waals surface area contributed by atoms with Crippen LogP contribution in [0.1, 0.15) is 13.3 Å². The molecule has 0 amide bonds. The topological polar surface area (TPSA) is 92.3 Å². The molecule has 1 aliphatic heterocycles. The molecule has 0 radical (unpaired) electrons. The number of halogens is 1. The molecule has 1 aliphatic rings. The van der Waals surface area contributed by atoms with E-state index in [1.165, 1.54) is 4.31 Å². The number of hydrogen-bond acceptors (Lipinski definition) is 5. The van der Waals surface area contributed by atoms with Gasteiger partial charge in [-0.25, -0.2) is 12.7 Å². The predicted molar refractivity (Wildman–Crippen MR) is 115 cm³/mol. The van der Waals surface area contributed by atoms with E-state index in [-0.39, 0.29) is 29.7 Å². The Morgan fingerprint density at radius 2 is 2.00 bits per heavy atom. The third kappa shape index (κ3) is 6.16. The lowest BCUT2D eigenvalue weighted by Gasteiger charge is -2.15. The second-order valence-corrected chi connectivity index (χ2v) is 7.61. The molecule has 1 aromatic carbocycles. The SMILES string of the molecule is CCNC(=NCCN1CCCS1(=O)=O)Nc1ccc(OC)c(OC)c1.I. The molecule has 1 fully saturated rings. The molecule has 1 heterocycles. The van der Waals surface area contributed by atoms with Crippen molar-refractivity contribution in [1.29, 1.82) is 0 Å². The number of benzene rings is 1. The minimum absolute atomic E-state index is 0. The lowest BCUT2D eigenvalue weighted by molar-refractivity contribution is 0.355. The Kier molecular flexibility index (Phi) is 9.44. The highest BCUT2D eigenvalue weighted by atomic mass is 127. The Bertz CT molecular complexity index is 712. The van der Waals surface area contributed by atoms with E-state index >= 15 is 0 Å². The van der Waals surface area contributed by atoms with Crippen molar-refractivity contribution >= 4 is 45.6 Å². The summed E-state index contributed by atoms with van der Waals surface area (Å²) in [5.74, 6) is 2.09. The summed E-state index contributed by atoms with van der Waals surface area (Å²) in [6, 6.07) is 5.48. The third-order valence-corrected chi connectivity index (χ3v) is 5.77. The first-order valence-electron chi connectivity index (χ1n) is 8.25. The Morgan fingerprint density at radius 1 is 1.27 bits per heavy atom. The van der Waals surface area contributed by atoms with E-state index in [1.807, 2.05) is 25.1 Å². The summed E-state index contributed by atoms with van der Waals surface area (Å²) in [5.41, 5.74) is 0.797. The number of nitrogens with one attached hydrogen (secondary N) is 2. The highest BCUT2D eigenvalue weighted by molar-refractivity contribution is 14.0. The summed E-state index contributed by atoms with van der Waals surface area (Å²) in [6.45, 7) is 4.03. The number of rotatable bonds is 7. The van der Waals surface area contributed by atoms with E-state index < -0.39 is 10.0 Å². The maximum absolute atomic E-state index is 11.8. The van der Waals surface area contributed by atoms with Crippen LogP contribution in [0.15, 0.2) is 23.2 Å². The summed E-state index contributed by atoms with van der Waals surface area (Å²) in [5, 5.41) is 6.33. The molecule has 0 atom stereocenters. The summed E-state index contributed by atoms with van der Waals surface area (Å²) < 4.78 is 35.6. The zero-order chi connectivity index (χ0) is 18.3. The van der Waals surface area contributed by atoms with Gasteiger partial charge in [0.15, 0.2) is 17.5 Å². The average molecular weight is 498 g/mol. The second kappa shape index (κ2) is 10.8. The van der Waals surface area contributed by atoms with E-state index in [0.717, 1.165) is 5.69 Å². The summed E-state index contributed by atoms with van der Waals surface area (Å²) in [7, 11) is 0.0869. The van der Waals surface area contributed by atoms with Gasteiger partial charge in [0.2, 0.25) is 10.0 Å². The third-order valence-electron chi connectivity index (χ3n) is 3.81. The predicted octanol–water partition coefficient (Wildman–Crippen LogP) is 1.73. The Hall–Kier alpha value is -1.27. The minimum Gasteiger partial charge on any atom is -0.493 e. The molecule has 0 spiro atoms. The molecule has 2 N–H and O–H groups in total. The largest absolute Gasteiger partial charge is 0.493 e. The monoisotopic (exact) mass is 498 g/mol. The van der Waals surface area contributed by atoms with Gasteiger partial charge in [-0.05, 0) is 25.5 Å². The van der Waals surface area contributed by atoms with E-state index in [9.17, 15) is 8.42 Å². The number of methoxy groups -OCH3 is 2. The van der Waals surface area contributed by atoms with Crippen molar-refractivity contribution in [2.45, 2.75) is 13.3 Å². The van der Waals surface area contributed by atoms with Crippen LogP contribution in [0.5, 0.6) is 11.5 Å². The van der Waals surface area contributed by atoms with Gasteiger partial charge in [0, 0.05) is 31.4 Å².